The molecule has 2 aliphatic carbocycles. The maximum Gasteiger partial charge on any atom is 0.197 e. The van der Waals surface area contributed by atoms with Crippen LogP contribution >= 0.6 is 23.4 Å². The molecule has 4 rings (SSSR count). The van der Waals surface area contributed by atoms with Gasteiger partial charge in [-0.3, -0.25) is 4.79 Å². The highest BCUT2D eigenvalue weighted by Crippen LogP contribution is 2.56. The van der Waals surface area contributed by atoms with Crippen LogP contribution in [0, 0.1) is 5.92 Å². The summed E-state index contributed by atoms with van der Waals surface area (Å²) in [6.07, 6.45) is 2.96. The number of allylic oxidation sites excluding steroid dienone is 2. The van der Waals surface area contributed by atoms with Gasteiger partial charge < -0.3 is 14.9 Å². The maximum absolute atomic E-state index is 12.3. The zero-order valence-corrected chi connectivity index (χ0v) is 16.3. The molecule has 0 heterocycles. The zero-order chi connectivity index (χ0) is 19.1. The molecule has 2 aliphatic rings. The Kier molecular flexibility index (Phi) is 4.82. The van der Waals surface area contributed by atoms with Crippen molar-refractivity contribution in [3.8, 4) is 11.5 Å². The van der Waals surface area contributed by atoms with Crippen LogP contribution in [0.2, 0.25) is 5.02 Å². The third kappa shape index (κ3) is 3.30. The van der Waals surface area contributed by atoms with Crippen LogP contribution in [0.5, 0.6) is 11.5 Å². The standard InChI is InChI=1S/C21H19ClO4S/c1-26-18-8-11-9-19(27-13-4-2-12(22)3-5-13)14-6-7-16(23)21(25)20(14)15(11)10-17(18)24/h2-8,11,15,19,23,25H,9-10H2,1H3. The van der Waals surface area contributed by atoms with Crippen molar-refractivity contribution >= 4 is 29.1 Å². The van der Waals surface area contributed by atoms with E-state index in [9.17, 15) is 15.0 Å². The largest absolute Gasteiger partial charge is 0.504 e. The highest BCUT2D eigenvalue weighted by atomic mass is 35.5. The Morgan fingerprint density at radius 2 is 1.89 bits per heavy atom. The number of rotatable bonds is 3. The van der Waals surface area contributed by atoms with Crippen LogP contribution in [-0.2, 0) is 9.53 Å². The molecule has 2 aromatic rings. The third-order valence-corrected chi connectivity index (χ3v) is 6.83. The summed E-state index contributed by atoms with van der Waals surface area (Å²) in [6.45, 7) is 0. The summed E-state index contributed by atoms with van der Waals surface area (Å²) in [6, 6.07) is 11.0. The van der Waals surface area contributed by atoms with Crippen LogP contribution in [0.25, 0.3) is 0 Å². The second-order valence-electron chi connectivity index (χ2n) is 6.87. The molecule has 0 saturated carbocycles. The summed E-state index contributed by atoms with van der Waals surface area (Å²) >= 11 is 7.68. The number of carbonyl (C=O) groups is 1. The quantitative estimate of drug-likeness (QED) is 0.691. The van der Waals surface area contributed by atoms with Gasteiger partial charge in [0, 0.05) is 33.1 Å². The van der Waals surface area contributed by atoms with Crippen molar-refractivity contribution in [3.05, 3.63) is 64.4 Å². The molecular formula is C21H19ClO4S. The lowest BCUT2D eigenvalue weighted by molar-refractivity contribution is -0.119. The van der Waals surface area contributed by atoms with Crippen molar-refractivity contribution in [1.29, 1.82) is 0 Å². The van der Waals surface area contributed by atoms with Crippen LogP contribution in [0.15, 0.2) is 53.1 Å². The molecule has 0 aromatic heterocycles. The van der Waals surface area contributed by atoms with Gasteiger partial charge in [0.25, 0.3) is 0 Å². The molecule has 0 aliphatic heterocycles. The number of carbonyl (C=O) groups excluding carboxylic acids is 1. The van der Waals surface area contributed by atoms with Crippen LogP contribution in [0.4, 0.5) is 0 Å². The van der Waals surface area contributed by atoms with Gasteiger partial charge in [0.2, 0.25) is 0 Å². The van der Waals surface area contributed by atoms with Crippen molar-refractivity contribution < 1.29 is 19.7 Å². The lowest BCUT2D eigenvalue weighted by atomic mass is 9.69. The first kappa shape index (κ1) is 18.3. The molecule has 2 aromatic carbocycles. The summed E-state index contributed by atoms with van der Waals surface area (Å²) < 4.78 is 5.24. The van der Waals surface area contributed by atoms with E-state index in [0.717, 1.165) is 16.9 Å². The smallest absolute Gasteiger partial charge is 0.197 e. The lowest BCUT2D eigenvalue weighted by Gasteiger charge is -2.39. The normalized spacial score (nSPS) is 24.0. The first-order chi connectivity index (χ1) is 13.0. The second-order valence-corrected chi connectivity index (χ2v) is 8.58. The first-order valence-electron chi connectivity index (χ1n) is 8.74. The Bertz CT molecular complexity index is 923. The number of aromatic hydroxyl groups is 2. The molecular weight excluding hydrogens is 384 g/mol. The Morgan fingerprint density at radius 1 is 1.15 bits per heavy atom. The number of hydrogen-bond acceptors (Lipinski definition) is 5. The number of ether oxygens (including phenoxy) is 1. The van der Waals surface area contributed by atoms with Gasteiger partial charge in [0.15, 0.2) is 23.0 Å². The molecule has 0 radical (unpaired) electrons. The molecule has 6 heteroatoms. The highest BCUT2D eigenvalue weighted by molar-refractivity contribution is 7.99. The van der Waals surface area contributed by atoms with E-state index in [1.807, 2.05) is 36.4 Å². The molecule has 0 bridgehead atoms. The van der Waals surface area contributed by atoms with E-state index < -0.39 is 0 Å². The second kappa shape index (κ2) is 7.13. The van der Waals surface area contributed by atoms with E-state index in [0.29, 0.717) is 16.3 Å². The van der Waals surface area contributed by atoms with Gasteiger partial charge >= 0.3 is 0 Å². The number of ketones is 1. The monoisotopic (exact) mass is 402 g/mol. The molecule has 2 N–H and O–H groups in total. The van der Waals surface area contributed by atoms with E-state index in [1.165, 1.54) is 13.2 Å². The number of thioether (sulfide) groups is 1. The molecule has 4 nitrogen and oxygen atoms in total. The fourth-order valence-electron chi connectivity index (χ4n) is 4.03. The molecule has 0 fully saturated rings. The first-order valence-corrected chi connectivity index (χ1v) is 9.99. The number of phenols is 2. The number of Topliss-reactive ketones (excluding diaryl/α,β-unsaturated/α-hetero) is 1. The molecule has 27 heavy (non-hydrogen) atoms. The third-order valence-electron chi connectivity index (χ3n) is 5.31. The molecule has 140 valence electrons. The lowest BCUT2D eigenvalue weighted by Crippen LogP contribution is -2.29. The van der Waals surface area contributed by atoms with Crippen molar-refractivity contribution in [1.82, 2.24) is 0 Å². The predicted molar refractivity (Wildman–Crippen MR) is 105 cm³/mol. The predicted octanol–water partition coefficient (Wildman–Crippen LogP) is 5.19. The van der Waals surface area contributed by atoms with Gasteiger partial charge in [-0.2, -0.15) is 0 Å². The number of phenolic OH excluding ortho intramolecular Hbond substituents is 2. The Labute approximate surface area is 166 Å². The minimum Gasteiger partial charge on any atom is -0.504 e. The van der Waals surface area contributed by atoms with E-state index in [1.54, 1.807) is 11.8 Å². The van der Waals surface area contributed by atoms with Crippen molar-refractivity contribution in [2.75, 3.05) is 7.11 Å². The van der Waals surface area contributed by atoms with E-state index >= 15 is 0 Å². The number of fused-ring (bicyclic) bond motifs is 3. The SMILES string of the molecule is COC1=CC2CC(Sc3ccc(Cl)cc3)c3ccc(O)c(O)c3C2CC1=O. The van der Waals surface area contributed by atoms with Gasteiger partial charge in [0.05, 0.1) is 7.11 Å². The van der Waals surface area contributed by atoms with Crippen LogP contribution in [-0.4, -0.2) is 23.1 Å². The fourth-order valence-corrected chi connectivity index (χ4v) is 5.43. The molecule has 3 unspecified atom stereocenters. The van der Waals surface area contributed by atoms with Gasteiger partial charge in [-0.25, -0.2) is 0 Å². The van der Waals surface area contributed by atoms with Gasteiger partial charge in [0.1, 0.15) is 0 Å². The Balaban J connectivity index is 1.77. The van der Waals surface area contributed by atoms with Crippen molar-refractivity contribution in [2.45, 2.75) is 28.9 Å². The summed E-state index contributed by atoms with van der Waals surface area (Å²) in [4.78, 5) is 13.4. The van der Waals surface area contributed by atoms with Crippen LogP contribution in [0.3, 0.4) is 0 Å². The van der Waals surface area contributed by atoms with Gasteiger partial charge in [-0.15, -0.1) is 11.8 Å². The average Bonchev–Trinajstić information content (AvgIpc) is 2.66. The number of benzene rings is 2. The van der Waals surface area contributed by atoms with Gasteiger partial charge in [-0.05, 0) is 54.3 Å². The van der Waals surface area contributed by atoms with E-state index in [-0.39, 0.29) is 40.8 Å². The molecule has 0 saturated heterocycles. The Morgan fingerprint density at radius 3 is 2.59 bits per heavy atom. The highest BCUT2D eigenvalue weighted by Gasteiger charge is 2.41. The molecule has 0 amide bonds. The minimum atomic E-state index is -0.154. The van der Waals surface area contributed by atoms with Crippen LogP contribution in [0.1, 0.15) is 35.1 Å². The Hall–Kier alpha value is -2.11. The van der Waals surface area contributed by atoms with Crippen molar-refractivity contribution in [2.24, 2.45) is 5.92 Å². The number of hydrogen-bond donors (Lipinski definition) is 2. The maximum atomic E-state index is 12.3. The zero-order valence-electron chi connectivity index (χ0n) is 14.7. The summed E-state index contributed by atoms with van der Waals surface area (Å²) in [5.41, 5.74) is 1.64. The minimum absolute atomic E-state index is 0.0580. The number of methoxy groups -OCH3 is 1. The van der Waals surface area contributed by atoms with Crippen LogP contribution < -0.4 is 0 Å². The molecule has 3 atom stereocenters. The fraction of sp³-hybridized carbons (Fsp3) is 0.286. The summed E-state index contributed by atoms with van der Waals surface area (Å²) in [5.74, 6) is -0.0568. The topological polar surface area (TPSA) is 66.8 Å². The number of halogens is 1. The van der Waals surface area contributed by atoms with E-state index in [4.69, 9.17) is 16.3 Å². The van der Waals surface area contributed by atoms with Crippen molar-refractivity contribution in [3.63, 3.8) is 0 Å². The summed E-state index contributed by atoms with van der Waals surface area (Å²) in [5, 5.41) is 21.4. The average molecular weight is 403 g/mol. The van der Waals surface area contributed by atoms with E-state index in [2.05, 4.69) is 0 Å². The van der Waals surface area contributed by atoms with Gasteiger partial charge in [-0.1, -0.05) is 17.7 Å². The molecule has 0 spiro atoms. The summed E-state index contributed by atoms with van der Waals surface area (Å²) in [7, 11) is 1.50.